The number of benzene rings is 1. The molecule has 0 aliphatic rings. The summed E-state index contributed by atoms with van der Waals surface area (Å²) in [6, 6.07) is 8.30. The molecule has 1 aromatic heterocycles. The second-order valence-electron chi connectivity index (χ2n) is 3.64. The van der Waals surface area contributed by atoms with Gasteiger partial charge in [0.15, 0.2) is 5.82 Å². The standard InChI is InChI=1S/C12H16N4/c1-2-16-12(14-9-15-16)11-5-3-4-10(8-11)6-7-13/h3-5,8-9H,2,6-7,13H2,1H3. The van der Waals surface area contributed by atoms with Gasteiger partial charge in [0.2, 0.25) is 0 Å². The van der Waals surface area contributed by atoms with E-state index in [1.54, 1.807) is 6.33 Å². The second kappa shape index (κ2) is 4.90. The van der Waals surface area contributed by atoms with E-state index in [0.717, 1.165) is 24.4 Å². The molecule has 0 atom stereocenters. The van der Waals surface area contributed by atoms with Crippen LogP contribution in [-0.4, -0.2) is 21.3 Å². The van der Waals surface area contributed by atoms with Gasteiger partial charge in [0.05, 0.1) is 0 Å². The van der Waals surface area contributed by atoms with Crippen LogP contribution in [0.2, 0.25) is 0 Å². The van der Waals surface area contributed by atoms with E-state index in [-0.39, 0.29) is 0 Å². The summed E-state index contributed by atoms with van der Waals surface area (Å²) < 4.78 is 1.89. The van der Waals surface area contributed by atoms with Crippen LogP contribution in [0.15, 0.2) is 30.6 Å². The molecule has 0 radical (unpaired) electrons. The van der Waals surface area contributed by atoms with Gasteiger partial charge in [-0.15, -0.1) is 0 Å². The predicted octanol–water partition coefficient (Wildman–Crippen LogP) is 1.47. The number of nitrogens with zero attached hydrogens (tertiary/aromatic N) is 3. The highest BCUT2D eigenvalue weighted by Gasteiger charge is 2.05. The molecule has 0 spiro atoms. The van der Waals surface area contributed by atoms with Gasteiger partial charge in [0.1, 0.15) is 6.33 Å². The summed E-state index contributed by atoms with van der Waals surface area (Å²) in [6.45, 7) is 3.56. The molecule has 1 aromatic carbocycles. The maximum absolute atomic E-state index is 5.55. The lowest BCUT2D eigenvalue weighted by molar-refractivity contribution is 0.666. The molecule has 0 saturated heterocycles. The first-order valence-corrected chi connectivity index (χ1v) is 5.52. The van der Waals surface area contributed by atoms with Gasteiger partial charge in [-0.2, -0.15) is 5.10 Å². The number of aryl methyl sites for hydroxylation is 1. The van der Waals surface area contributed by atoms with Gasteiger partial charge in [-0.1, -0.05) is 18.2 Å². The van der Waals surface area contributed by atoms with Crippen molar-refractivity contribution in [3.05, 3.63) is 36.2 Å². The molecule has 0 fully saturated rings. The average molecular weight is 216 g/mol. The summed E-state index contributed by atoms with van der Waals surface area (Å²) in [4.78, 5) is 4.28. The molecule has 84 valence electrons. The zero-order chi connectivity index (χ0) is 11.4. The number of hydrogen-bond donors (Lipinski definition) is 1. The fourth-order valence-electron chi connectivity index (χ4n) is 1.75. The van der Waals surface area contributed by atoms with E-state index >= 15 is 0 Å². The van der Waals surface area contributed by atoms with Crippen LogP contribution in [0.1, 0.15) is 12.5 Å². The lowest BCUT2D eigenvalue weighted by atomic mass is 10.1. The SMILES string of the molecule is CCn1ncnc1-c1cccc(CCN)c1. The predicted molar refractivity (Wildman–Crippen MR) is 63.9 cm³/mol. The normalized spacial score (nSPS) is 10.6. The van der Waals surface area contributed by atoms with Crippen molar-refractivity contribution < 1.29 is 0 Å². The Bertz CT molecular complexity index is 462. The van der Waals surface area contributed by atoms with E-state index in [2.05, 4.69) is 35.2 Å². The molecule has 1 heterocycles. The summed E-state index contributed by atoms with van der Waals surface area (Å²) >= 11 is 0. The molecule has 2 N–H and O–H groups in total. The van der Waals surface area contributed by atoms with Gasteiger partial charge in [-0.3, -0.25) is 0 Å². The Morgan fingerprint density at radius 1 is 1.38 bits per heavy atom. The van der Waals surface area contributed by atoms with Crippen LogP contribution >= 0.6 is 0 Å². The van der Waals surface area contributed by atoms with Crippen LogP contribution in [0.3, 0.4) is 0 Å². The second-order valence-corrected chi connectivity index (χ2v) is 3.64. The van der Waals surface area contributed by atoms with Gasteiger partial charge in [-0.25, -0.2) is 9.67 Å². The lowest BCUT2D eigenvalue weighted by Gasteiger charge is -2.05. The van der Waals surface area contributed by atoms with Crippen molar-refractivity contribution in [2.45, 2.75) is 19.9 Å². The van der Waals surface area contributed by atoms with Crippen molar-refractivity contribution in [3.63, 3.8) is 0 Å². The summed E-state index contributed by atoms with van der Waals surface area (Å²) in [5, 5.41) is 4.17. The fourth-order valence-corrected chi connectivity index (χ4v) is 1.75. The zero-order valence-corrected chi connectivity index (χ0v) is 9.43. The van der Waals surface area contributed by atoms with Crippen LogP contribution in [0.25, 0.3) is 11.4 Å². The number of aromatic nitrogens is 3. The van der Waals surface area contributed by atoms with Crippen molar-refractivity contribution in [3.8, 4) is 11.4 Å². The van der Waals surface area contributed by atoms with E-state index in [0.29, 0.717) is 6.54 Å². The Hall–Kier alpha value is -1.68. The third-order valence-electron chi connectivity index (χ3n) is 2.53. The molecule has 16 heavy (non-hydrogen) atoms. The first-order chi connectivity index (χ1) is 7.85. The molecule has 0 aliphatic heterocycles. The third kappa shape index (κ3) is 2.12. The van der Waals surface area contributed by atoms with E-state index in [9.17, 15) is 0 Å². The Kier molecular flexibility index (Phi) is 3.31. The van der Waals surface area contributed by atoms with E-state index < -0.39 is 0 Å². The Morgan fingerprint density at radius 3 is 3.00 bits per heavy atom. The van der Waals surface area contributed by atoms with Crippen LogP contribution in [0.5, 0.6) is 0 Å². The largest absolute Gasteiger partial charge is 0.330 e. The molecule has 0 saturated carbocycles. The van der Waals surface area contributed by atoms with Gasteiger partial charge >= 0.3 is 0 Å². The van der Waals surface area contributed by atoms with Crippen molar-refractivity contribution in [2.24, 2.45) is 5.73 Å². The Balaban J connectivity index is 2.36. The topological polar surface area (TPSA) is 56.7 Å². The highest BCUT2D eigenvalue weighted by atomic mass is 15.3. The minimum Gasteiger partial charge on any atom is -0.330 e. The van der Waals surface area contributed by atoms with Crippen LogP contribution < -0.4 is 5.73 Å². The van der Waals surface area contributed by atoms with Crippen LogP contribution in [0.4, 0.5) is 0 Å². The van der Waals surface area contributed by atoms with Crippen LogP contribution in [0, 0.1) is 0 Å². The molecule has 2 aromatic rings. The Morgan fingerprint density at radius 2 is 2.25 bits per heavy atom. The van der Waals surface area contributed by atoms with Crippen molar-refractivity contribution >= 4 is 0 Å². The maximum Gasteiger partial charge on any atom is 0.158 e. The van der Waals surface area contributed by atoms with Gasteiger partial charge in [-0.05, 0) is 31.5 Å². The minimum atomic E-state index is 0.671. The molecule has 0 bridgehead atoms. The average Bonchev–Trinajstić information content (AvgIpc) is 2.78. The number of nitrogens with two attached hydrogens (primary N) is 1. The molecule has 2 rings (SSSR count). The molecule has 0 unspecified atom stereocenters. The van der Waals surface area contributed by atoms with Gasteiger partial charge < -0.3 is 5.73 Å². The molecular weight excluding hydrogens is 200 g/mol. The molecular formula is C12H16N4. The van der Waals surface area contributed by atoms with Crippen molar-refractivity contribution in [2.75, 3.05) is 6.54 Å². The molecule has 0 aliphatic carbocycles. The first-order valence-electron chi connectivity index (χ1n) is 5.52. The van der Waals surface area contributed by atoms with Crippen LogP contribution in [-0.2, 0) is 13.0 Å². The summed E-state index contributed by atoms with van der Waals surface area (Å²) in [5.41, 5.74) is 7.90. The molecule has 4 nitrogen and oxygen atoms in total. The number of rotatable bonds is 4. The smallest absolute Gasteiger partial charge is 0.158 e. The highest BCUT2D eigenvalue weighted by Crippen LogP contribution is 2.17. The summed E-state index contributed by atoms with van der Waals surface area (Å²) in [5.74, 6) is 0.918. The maximum atomic E-state index is 5.55. The van der Waals surface area contributed by atoms with Gasteiger partial charge in [0.25, 0.3) is 0 Å². The zero-order valence-electron chi connectivity index (χ0n) is 9.43. The fraction of sp³-hybridized carbons (Fsp3) is 0.333. The van der Waals surface area contributed by atoms with E-state index in [4.69, 9.17) is 5.73 Å². The molecule has 0 amide bonds. The van der Waals surface area contributed by atoms with Crippen molar-refractivity contribution in [1.82, 2.24) is 14.8 Å². The minimum absolute atomic E-state index is 0.671. The summed E-state index contributed by atoms with van der Waals surface area (Å²) in [7, 11) is 0. The lowest BCUT2D eigenvalue weighted by Crippen LogP contribution is -2.03. The highest BCUT2D eigenvalue weighted by molar-refractivity contribution is 5.56. The van der Waals surface area contributed by atoms with Crippen molar-refractivity contribution in [1.29, 1.82) is 0 Å². The third-order valence-corrected chi connectivity index (χ3v) is 2.53. The monoisotopic (exact) mass is 216 g/mol. The van der Waals surface area contributed by atoms with E-state index in [1.807, 2.05) is 10.7 Å². The van der Waals surface area contributed by atoms with E-state index in [1.165, 1.54) is 5.56 Å². The first kappa shape index (κ1) is 10.8. The van der Waals surface area contributed by atoms with Gasteiger partial charge in [0, 0.05) is 12.1 Å². The molecule has 4 heteroatoms. The number of hydrogen-bond acceptors (Lipinski definition) is 3. The quantitative estimate of drug-likeness (QED) is 0.842. The summed E-state index contributed by atoms with van der Waals surface area (Å²) in [6.07, 6.45) is 2.49. The Labute approximate surface area is 95.1 Å².